The van der Waals surface area contributed by atoms with Crippen LogP contribution < -0.4 is 4.90 Å². The van der Waals surface area contributed by atoms with E-state index in [1.54, 1.807) is 0 Å². The number of anilines is 1. The van der Waals surface area contributed by atoms with E-state index in [4.69, 9.17) is 11.6 Å². The smallest absolute Gasteiger partial charge is 0.264 e. The maximum Gasteiger partial charge on any atom is 0.264 e. The predicted octanol–water partition coefficient (Wildman–Crippen LogP) is 9.47. The zero-order valence-corrected chi connectivity index (χ0v) is 34.9. The average molecular weight is 785 g/mol. The van der Waals surface area contributed by atoms with Crippen LogP contribution in [0.2, 0.25) is 0 Å². The number of hydrogen-bond donors (Lipinski definition) is 2. The molecule has 2 heterocycles. The SMILES string of the molecule is Cc1cc(C)c2c(c1)N(CCCCS(=O)(=O)O)C(=CC=C1CCCC(C=CC3=[N+](CCCCS(=O)(=O)O)c4cc(C)cc(C)c4C3(C)C)=C1Cl)C2(C)C. The maximum atomic E-state index is 11.4. The fourth-order valence-electron chi connectivity index (χ4n) is 8.89. The number of halogens is 1. The lowest BCUT2D eigenvalue weighted by atomic mass is 9.78. The second kappa shape index (κ2) is 15.6. The molecule has 2 aliphatic heterocycles. The minimum Gasteiger partial charge on any atom is -0.344 e. The third-order valence-electron chi connectivity index (χ3n) is 11.0. The summed E-state index contributed by atoms with van der Waals surface area (Å²) in [5.74, 6) is -0.506. The molecule has 8 nitrogen and oxygen atoms in total. The lowest BCUT2D eigenvalue weighted by Gasteiger charge is -2.27. The lowest BCUT2D eigenvalue weighted by molar-refractivity contribution is -0.438. The van der Waals surface area contributed by atoms with Gasteiger partial charge in [-0.1, -0.05) is 49.7 Å². The number of rotatable bonds is 13. The number of benzene rings is 2. The molecule has 0 fully saturated rings. The Morgan fingerprint density at radius 1 is 0.774 bits per heavy atom. The summed E-state index contributed by atoms with van der Waals surface area (Å²) in [5.41, 5.74) is 13.4. The largest absolute Gasteiger partial charge is 0.344 e. The second-order valence-electron chi connectivity index (χ2n) is 16.1. The first kappa shape index (κ1) is 41.1. The van der Waals surface area contributed by atoms with Crippen LogP contribution in [0.3, 0.4) is 0 Å². The summed E-state index contributed by atoms with van der Waals surface area (Å²) >= 11 is 7.23. The minimum absolute atomic E-state index is 0.253. The molecular formula is C42H56ClN2O6S2+. The summed E-state index contributed by atoms with van der Waals surface area (Å²) in [7, 11) is -8.03. The van der Waals surface area contributed by atoms with Gasteiger partial charge in [-0.2, -0.15) is 21.4 Å². The molecular weight excluding hydrogens is 728 g/mol. The van der Waals surface area contributed by atoms with Gasteiger partial charge in [0.15, 0.2) is 5.71 Å². The van der Waals surface area contributed by atoms with Crippen LogP contribution in [0.25, 0.3) is 0 Å². The molecule has 2 aromatic carbocycles. The molecule has 0 unspecified atom stereocenters. The number of hydrogen-bond acceptors (Lipinski definition) is 5. The van der Waals surface area contributed by atoms with Crippen molar-refractivity contribution in [3.63, 3.8) is 0 Å². The summed E-state index contributed by atoms with van der Waals surface area (Å²) < 4.78 is 66.6. The Labute approximate surface area is 322 Å². The van der Waals surface area contributed by atoms with Crippen LogP contribution >= 0.6 is 11.6 Å². The average Bonchev–Trinajstić information content (AvgIpc) is 3.36. The molecule has 0 saturated carbocycles. The summed E-state index contributed by atoms with van der Waals surface area (Å²) in [5, 5.41) is 0.755. The standard InChI is InChI=1S/C42H55ClN2O6S2/c1-28-24-30(3)38-34(26-28)44(20-9-11-22-52(46,47)48)36(41(38,5)6)18-16-32-14-13-15-33(40(32)43)17-19-37-42(7,8)39-31(4)25-29(2)27-35(39)45(37)21-10-12-23-53(49,50)51/h16-19,24-27H,9-15,20-23H2,1-8H3,(H-,46,47,48,49,50,51)/p+1. The Hall–Kier alpha value is -3.02. The van der Waals surface area contributed by atoms with Gasteiger partial charge in [-0.15, -0.1) is 0 Å². The number of fused-ring (bicyclic) bond motifs is 2. The molecule has 1 aliphatic carbocycles. The van der Waals surface area contributed by atoms with Crippen molar-refractivity contribution in [2.45, 2.75) is 111 Å². The van der Waals surface area contributed by atoms with E-state index in [0.29, 0.717) is 38.8 Å². The van der Waals surface area contributed by atoms with Crippen LogP contribution in [0.15, 0.2) is 70.4 Å². The van der Waals surface area contributed by atoms with Crippen LogP contribution in [0.4, 0.5) is 11.4 Å². The molecule has 11 heteroatoms. The Bertz CT molecular complexity index is 2170. The molecule has 2 aromatic rings. The van der Waals surface area contributed by atoms with Crippen molar-refractivity contribution in [2.24, 2.45) is 0 Å². The van der Waals surface area contributed by atoms with E-state index >= 15 is 0 Å². The van der Waals surface area contributed by atoms with Gasteiger partial charge in [0.1, 0.15) is 6.54 Å². The highest BCUT2D eigenvalue weighted by atomic mass is 35.5. The highest BCUT2D eigenvalue weighted by Crippen LogP contribution is 2.50. The van der Waals surface area contributed by atoms with Crippen LogP contribution in [0, 0.1) is 27.7 Å². The van der Waals surface area contributed by atoms with Gasteiger partial charge in [0, 0.05) is 52.5 Å². The summed E-state index contributed by atoms with van der Waals surface area (Å²) in [6.45, 7) is 18.7. The van der Waals surface area contributed by atoms with Crippen LogP contribution in [-0.2, 0) is 31.1 Å². The topological polar surface area (TPSA) is 115 Å². The third-order valence-corrected chi connectivity index (χ3v) is 13.1. The Morgan fingerprint density at radius 3 is 2.02 bits per heavy atom. The molecule has 0 amide bonds. The third kappa shape index (κ3) is 9.10. The summed E-state index contributed by atoms with van der Waals surface area (Å²) in [6.07, 6.45) is 13.3. The highest BCUT2D eigenvalue weighted by Gasteiger charge is 2.45. The molecule has 288 valence electrons. The van der Waals surface area contributed by atoms with Crippen molar-refractivity contribution in [3.05, 3.63) is 104 Å². The van der Waals surface area contributed by atoms with Crippen molar-refractivity contribution < 1.29 is 30.5 Å². The molecule has 5 rings (SSSR count). The molecule has 0 radical (unpaired) electrons. The van der Waals surface area contributed by atoms with Gasteiger partial charge in [0.05, 0.1) is 16.9 Å². The fraction of sp³-hybridized carbons (Fsp3) is 0.500. The van der Waals surface area contributed by atoms with Gasteiger partial charge in [-0.3, -0.25) is 9.11 Å². The molecule has 0 aromatic heterocycles. The van der Waals surface area contributed by atoms with Crippen molar-refractivity contribution >= 4 is 48.9 Å². The Morgan fingerprint density at radius 2 is 1.38 bits per heavy atom. The van der Waals surface area contributed by atoms with Gasteiger partial charge >= 0.3 is 0 Å². The molecule has 53 heavy (non-hydrogen) atoms. The van der Waals surface area contributed by atoms with Crippen LogP contribution in [-0.4, -0.2) is 60.8 Å². The number of aryl methyl sites for hydroxylation is 4. The first-order chi connectivity index (χ1) is 24.6. The molecule has 0 spiro atoms. The first-order valence-electron chi connectivity index (χ1n) is 18.7. The normalized spacial score (nSPS) is 20.0. The van der Waals surface area contributed by atoms with Crippen molar-refractivity contribution in [1.29, 1.82) is 0 Å². The van der Waals surface area contributed by atoms with E-state index in [-0.39, 0.29) is 22.3 Å². The van der Waals surface area contributed by atoms with Crippen molar-refractivity contribution in [2.75, 3.05) is 29.5 Å². The van der Waals surface area contributed by atoms with Crippen molar-refractivity contribution in [3.8, 4) is 0 Å². The van der Waals surface area contributed by atoms with Gasteiger partial charge in [0.2, 0.25) is 5.69 Å². The van der Waals surface area contributed by atoms with E-state index in [1.165, 1.54) is 33.4 Å². The van der Waals surface area contributed by atoms with E-state index in [9.17, 15) is 25.9 Å². The Kier molecular flexibility index (Phi) is 12.1. The van der Waals surface area contributed by atoms with Crippen molar-refractivity contribution in [1.82, 2.24) is 0 Å². The maximum absolute atomic E-state index is 11.4. The first-order valence-corrected chi connectivity index (χ1v) is 22.3. The fourth-order valence-corrected chi connectivity index (χ4v) is 10.3. The zero-order chi connectivity index (χ0) is 39.1. The molecule has 0 atom stereocenters. The second-order valence-corrected chi connectivity index (χ2v) is 19.7. The highest BCUT2D eigenvalue weighted by molar-refractivity contribution is 7.86. The van der Waals surface area contributed by atoms with E-state index in [1.807, 2.05) is 0 Å². The minimum atomic E-state index is -4.01. The quantitative estimate of drug-likeness (QED) is 0.118. The van der Waals surface area contributed by atoms with Gasteiger partial charge in [0.25, 0.3) is 20.2 Å². The summed E-state index contributed by atoms with van der Waals surface area (Å²) in [4.78, 5) is 2.31. The van der Waals surface area contributed by atoms with Gasteiger partial charge in [-0.25, -0.2) is 0 Å². The number of nitrogens with zero attached hydrogens (tertiary/aromatic N) is 2. The van der Waals surface area contributed by atoms with Crippen LogP contribution in [0.5, 0.6) is 0 Å². The Balaban J connectivity index is 1.50. The van der Waals surface area contributed by atoms with E-state index in [2.05, 4.69) is 113 Å². The summed E-state index contributed by atoms with van der Waals surface area (Å²) in [6, 6.07) is 8.84. The predicted molar refractivity (Wildman–Crippen MR) is 218 cm³/mol. The van der Waals surface area contributed by atoms with E-state index < -0.39 is 20.2 Å². The lowest BCUT2D eigenvalue weighted by Crippen LogP contribution is -2.28. The van der Waals surface area contributed by atoms with Gasteiger partial charge < -0.3 is 4.90 Å². The monoisotopic (exact) mass is 783 g/mol. The number of unbranched alkanes of at least 4 members (excludes halogenated alkanes) is 2. The van der Waals surface area contributed by atoms with Crippen LogP contribution in [0.1, 0.15) is 106 Å². The van der Waals surface area contributed by atoms with E-state index in [0.717, 1.165) is 58.2 Å². The number of allylic oxidation sites excluding steroid dienone is 8. The molecule has 2 N–H and O–H groups in total. The molecule has 0 bridgehead atoms. The molecule has 3 aliphatic rings. The molecule has 0 saturated heterocycles. The zero-order valence-electron chi connectivity index (χ0n) is 32.5. The van der Waals surface area contributed by atoms with Gasteiger partial charge in [-0.05, 0) is 131 Å².